The maximum absolute atomic E-state index is 4.91. The fraction of sp³-hybridized carbons (Fsp3) is 0.0400. The highest BCUT2D eigenvalue weighted by Gasteiger charge is 2.16. The summed E-state index contributed by atoms with van der Waals surface area (Å²) in [7, 11) is 0. The molecule has 0 saturated carbocycles. The standard InChI is InChI=1S/C25H18N4/c1-17-21-22(18-11-5-2-6-12-18)27-24(20-15-9-4-10-16-20)29-25(21)28-23(26-17)19-13-7-3-8-14-19/h2-16H,1H3. The highest BCUT2D eigenvalue weighted by Crippen LogP contribution is 2.31. The Morgan fingerprint density at radius 3 is 1.45 bits per heavy atom. The number of aryl methyl sites for hydroxylation is 1. The lowest BCUT2D eigenvalue weighted by atomic mass is 10.1. The molecule has 5 aromatic rings. The number of rotatable bonds is 3. The van der Waals surface area contributed by atoms with Crippen LogP contribution < -0.4 is 0 Å². The third-order valence-corrected chi connectivity index (χ3v) is 4.85. The van der Waals surface area contributed by atoms with Gasteiger partial charge in [-0.25, -0.2) is 19.9 Å². The van der Waals surface area contributed by atoms with Gasteiger partial charge in [-0.15, -0.1) is 0 Å². The van der Waals surface area contributed by atoms with Crippen LogP contribution in [0.2, 0.25) is 0 Å². The van der Waals surface area contributed by atoms with Gasteiger partial charge in [0.2, 0.25) is 0 Å². The van der Waals surface area contributed by atoms with E-state index in [-0.39, 0.29) is 0 Å². The van der Waals surface area contributed by atoms with Crippen LogP contribution in [-0.4, -0.2) is 19.9 Å². The molecule has 0 bridgehead atoms. The van der Waals surface area contributed by atoms with E-state index in [1.54, 1.807) is 0 Å². The third kappa shape index (κ3) is 3.25. The smallest absolute Gasteiger partial charge is 0.168 e. The SMILES string of the molecule is Cc1nc(-c2ccccc2)nc2nc(-c3ccccc3)nc(-c3ccccc3)c12. The number of aromatic nitrogens is 4. The normalized spacial score (nSPS) is 10.9. The molecule has 0 aliphatic heterocycles. The molecule has 138 valence electrons. The molecule has 2 heterocycles. The third-order valence-electron chi connectivity index (χ3n) is 4.85. The molecule has 0 amide bonds. The quantitative estimate of drug-likeness (QED) is 0.405. The van der Waals surface area contributed by atoms with Gasteiger partial charge in [0.15, 0.2) is 17.3 Å². The lowest BCUT2D eigenvalue weighted by Gasteiger charge is -2.12. The van der Waals surface area contributed by atoms with E-state index in [9.17, 15) is 0 Å². The molecule has 0 atom stereocenters. The van der Waals surface area contributed by atoms with Gasteiger partial charge in [0.1, 0.15) is 0 Å². The van der Waals surface area contributed by atoms with Crippen molar-refractivity contribution in [2.75, 3.05) is 0 Å². The zero-order valence-electron chi connectivity index (χ0n) is 15.9. The minimum Gasteiger partial charge on any atom is -0.233 e. The van der Waals surface area contributed by atoms with Crippen LogP contribution in [0.3, 0.4) is 0 Å². The maximum atomic E-state index is 4.91. The van der Waals surface area contributed by atoms with Crippen LogP contribution in [0, 0.1) is 6.92 Å². The van der Waals surface area contributed by atoms with E-state index in [0.29, 0.717) is 17.3 Å². The van der Waals surface area contributed by atoms with Crippen LogP contribution in [0.1, 0.15) is 5.69 Å². The van der Waals surface area contributed by atoms with Crippen LogP contribution in [0.4, 0.5) is 0 Å². The van der Waals surface area contributed by atoms with Crippen molar-refractivity contribution in [1.29, 1.82) is 0 Å². The molecule has 0 fully saturated rings. The highest BCUT2D eigenvalue weighted by molar-refractivity contribution is 5.94. The van der Waals surface area contributed by atoms with Crippen molar-refractivity contribution in [2.45, 2.75) is 6.92 Å². The zero-order chi connectivity index (χ0) is 19.6. The van der Waals surface area contributed by atoms with E-state index in [0.717, 1.165) is 33.5 Å². The van der Waals surface area contributed by atoms with Crippen LogP contribution in [0.15, 0.2) is 91.0 Å². The summed E-state index contributed by atoms with van der Waals surface area (Å²) in [6.45, 7) is 1.99. The lowest BCUT2D eigenvalue weighted by Crippen LogP contribution is -2.02. The Hall–Kier alpha value is -3.92. The average Bonchev–Trinajstić information content (AvgIpc) is 2.80. The minimum atomic E-state index is 0.657. The molecule has 0 N–H and O–H groups in total. The summed E-state index contributed by atoms with van der Waals surface area (Å²) >= 11 is 0. The van der Waals surface area contributed by atoms with Crippen LogP contribution in [0.5, 0.6) is 0 Å². The van der Waals surface area contributed by atoms with E-state index >= 15 is 0 Å². The van der Waals surface area contributed by atoms with Gasteiger partial charge in [0.25, 0.3) is 0 Å². The molecule has 29 heavy (non-hydrogen) atoms. The maximum Gasteiger partial charge on any atom is 0.168 e. The Balaban J connectivity index is 1.82. The van der Waals surface area contributed by atoms with E-state index < -0.39 is 0 Å². The second kappa shape index (κ2) is 7.24. The fourth-order valence-corrected chi connectivity index (χ4v) is 3.44. The van der Waals surface area contributed by atoms with Crippen LogP contribution in [-0.2, 0) is 0 Å². The molecule has 0 aliphatic carbocycles. The summed E-state index contributed by atoms with van der Waals surface area (Å²) in [5.41, 5.74) is 5.34. The molecule has 5 rings (SSSR count). The Kier molecular flexibility index (Phi) is 4.30. The van der Waals surface area contributed by atoms with E-state index in [2.05, 4.69) is 12.1 Å². The van der Waals surface area contributed by atoms with E-state index in [1.807, 2.05) is 85.8 Å². The van der Waals surface area contributed by atoms with Crippen LogP contribution in [0.25, 0.3) is 45.1 Å². The topological polar surface area (TPSA) is 51.6 Å². The fourth-order valence-electron chi connectivity index (χ4n) is 3.44. The molecule has 4 heteroatoms. The van der Waals surface area contributed by atoms with Crippen molar-refractivity contribution in [3.8, 4) is 34.0 Å². The van der Waals surface area contributed by atoms with Gasteiger partial charge in [-0.1, -0.05) is 91.0 Å². The Labute approximate surface area is 169 Å². The predicted molar refractivity (Wildman–Crippen MR) is 116 cm³/mol. The summed E-state index contributed by atoms with van der Waals surface area (Å²) in [6.07, 6.45) is 0. The molecule has 0 unspecified atom stereocenters. The predicted octanol–water partition coefficient (Wildman–Crippen LogP) is 5.73. The van der Waals surface area contributed by atoms with Gasteiger partial charge < -0.3 is 0 Å². The molecule has 0 aliphatic rings. The highest BCUT2D eigenvalue weighted by atomic mass is 15.0. The van der Waals surface area contributed by atoms with Gasteiger partial charge in [0.05, 0.1) is 16.8 Å². The van der Waals surface area contributed by atoms with Gasteiger partial charge in [0, 0.05) is 16.7 Å². The monoisotopic (exact) mass is 374 g/mol. The number of fused-ring (bicyclic) bond motifs is 1. The van der Waals surface area contributed by atoms with Crippen molar-refractivity contribution in [3.63, 3.8) is 0 Å². The molecule has 4 nitrogen and oxygen atoms in total. The summed E-state index contributed by atoms with van der Waals surface area (Å²) in [4.78, 5) is 19.3. The minimum absolute atomic E-state index is 0.657. The van der Waals surface area contributed by atoms with Crippen LogP contribution >= 0.6 is 0 Å². The number of benzene rings is 3. The van der Waals surface area contributed by atoms with Gasteiger partial charge in [-0.05, 0) is 6.92 Å². The first-order valence-electron chi connectivity index (χ1n) is 9.52. The zero-order valence-corrected chi connectivity index (χ0v) is 15.9. The molecule has 2 aromatic heterocycles. The lowest BCUT2D eigenvalue weighted by molar-refractivity contribution is 1.11. The summed E-state index contributed by atoms with van der Waals surface area (Å²) in [5, 5.41) is 0.885. The molecule has 0 spiro atoms. The second-order valence-corrected chi connectivity index (χ2v) is 6.83. The van der Waals surface area contributed by atoms with Gasteiger partial charge in [-0.3, -0.25) is 0 Å². The Morgan fingerprint density at radius 2 is 0.931 bits per heavy atom. The first-order valence-corrected chi connectivity index (χ1v) is 9.52. The molecule has 0 radical (unpaired) electrons. The molecule has 0 saturated heterocycles. The first-order chi connectivity index (χ1) is 14.3. The molecule has 3 aromatic carbocycles. The van der Waals surface area contributed by atoms with Crippen molar-refractivity contribution in [2.24, 2.45) is 0 Å². The number of nitrogens with zero attached hydrogens (tertiary/aromatic N) is 4. The Bertz CT molecular complexity index is 1280. The summed E-state index contributed by atoms with van der Waals surface area (Å²) in [5.74, 6) is 1.33. The molecular formula is C25H18N4. The van der Waals surface area contributed by atoms with E-state index in [4.69, 9.17) is 19.9 Å². The van der Waals surface area contributed by atoms with E-state index in [1.165, 1.54) is 0 Å². The van der Waals surface area contributed by atoms with Crippen molar-refractivity contribution in [1.82, 2.24) is 19.9 Å². The van der Waals surface area contributed by atoms with Crippen molar-refractivity contribution < 1.29 is 0 Å². The van der Waals surface area contributed by atoms with Crippen molar-refractivity contribution in [3.05, 3.63) is 96.7 Å². The average molecular weight is 374 g/mol. The van der Waals surface area contributed by atoms with Gasteiger partial charge >= 0.3 is 0 Å². The summed E-state index contributed by atoms with van der Waals surface area (Å²) in [6, 6.07) is 30.1. The Morgan fingerprint density at radius 1 is 0.483 bits per heavy atom. The second-order valence-electron chi connectivity index (χ2n) is 6.83. The summed E-state index contributed by atoms with van der Waals surface area (Å²) < 4.78 is 0. The first kappa shape index (κ1) is 17.2. The number of hydrogen-bond acceptors (Lipinski definition) is 4. The number of hydrogen-bond donors (Lipinski definition) is 0. The van der Waals surface area contributed by atoms with Gasteiger partial charge in [-0.2, -0.15) is 0 Å². The largest absolute Gasteiger partial charge is 0.233 e. The van der Waals surface area contributed by atoms with Crippen molar-refractivity contribution >= 4 is 11.0 Å². The molecular weight excluding hydrogens is 356 g/mol.